The SMILES string of the molecule is I[C@@]12CCC[C@H]1OCC2. The van der Waals surface area contributed by atoms with Gasteiger partial charge in [-0.25, -0.2) is 0 Å². The molecule has 1 aliphatic carbocycles. The van der Waals surface area contributed by atoms with E-state index in [4.69, 9.17) is 4.74 Å². The third kappa shape index (κ3) is 0.909. The molecule has 0 spiro atoms. The van der Waals surface area contributed by atoms with Crippen molar-refractivity contribution in [3.63, 3.8) is 0 Å². The molecule has 0 aromatic carbocycles. The quantitative estimate of drug-likeness (QED) is 0.464. The van der Waals surface area contributed by atoms with Crippen LogP contribution in [0.1, 0.15) is 25.7 Å². The molecule has 0 amide bonds. The Bertz CT molecular complexity index is 114. The molecule has 0 radical (unpaired) electrons. The second-order valence-corrected chi connectivity index (χ2v) is 5.18. The van der Waals surface area contributed by atoms with Crippen LogP contribution >= 0.6 is 22.6 Å². The first-order valence-corrected chi connectivity index (χ1v) is 4.70. The van der Waals surface area contributed by atoms with E-state index in [0.717, 1.165) is 6.61 Å². The van der Waals surface area contributed by atoms with Crippen molar-refractivity contribution in [3.05, 3.63) is 0 Å². The van der Waals surface area contributed by atoms with Crippen LogP contribution in [-0.4, -0.2) is 16.1 Å². The molecular weight excluding hydrogens is 227 g/mol. The van der Waals surface area contributed by atoms with Crippen LogP contribution in [0, 0.1) is 0 Å². The summed E-state index contributed by atoms with van der Waals surface area (Å²) in [7, 11) is 0. The fourth-order valence-corrected chi connectivity index (χ4v) is 2.98. The second kappa shape index (κ2) is 2.09. The maximum atomic E-state index is 5.57. The monoisotopic (exact) mass is 238 g/mol. The molecule has 2 rings (SSSR count). The Labute approximate surface area is 69.3 Å². The fraction of sp³-hybridized carbons (Fsp3) is 1.00. The predicted octanol–water partition coefficient (Wildman–Crippen LogP) is 2.13. The van der Waals surface area contributed by atoms with Crippen molar-refractivity contribution in [2.24, 2.45) is 0 Å². The molecule has 2 heteroatoms. The van der Waals surface area contributed by atoms with Crippen LogP contribution < -0.4 is 0 Å². The summed E-state index contributed by atoms with van der Waals surface area (Å²) in [5.74, 6) is 0. The van der Waals surface area contributed by atoms with Crippen molar-refractivity contribution in [2.75, 3.05) is 6.61 Å². The van der Waals surface area contributed by atoms with Crippen LogP contribution in [0.4, 0.5) is 0 Å². The van der Waals surface area contributed by atoms with Gasteiger partial charge in [0.1, 0.15) is 0 Å². The Balaban J connectivity index is 2.17. The van der Waals surface area contributed by atoms with Crippen LogP contribution in [0.2, 0.25) is 0 Å². The summed E-state index contributed by atoms with van der Waals surface area (Å²) >= 11 is 2.59. The van der Waals surface area contributed by atoms with Gasteiger partial charge in [0.25, 0.3) is 0 Å². The van der Waals surface area contributed by atoms with Gasteiger partial charge in [0.15, 0.2) is 0 Å². The third-order valence-corrected chi connectivity index (χ3v) is 4.25. The highest BCUT2D eigenvalue weighted by atomic mass is 127. The molecule has 0 aromatic rings. The van der Waals surface area contributed by atoms with E-state index in [1.165, 1.54) is 25.7 Å². The minimum absolute atomic E-state index is 0.553. The number of halogens is 1. The summed E-state index contributed by atoms with van der Waals surface area (Å²) < 4.78 is 6.13. The van der Waals surface area contributed by atoms with Gasteiger partial charge in [-0.1, -0.05) is 22.6 Å². The van der Waals surface area contributed by atoms with Gasteiger partial charge in [0, 0.05) is 6.61 Å². The summed E-state index contributed by atoms with van der Waals surface area (Å²) in [5, 5.41) is 0. The molecule has 52 valence electrons. The number of rotatable bonds is 0. The number of hydrogen-bond acceptors (Lipinski definition) is 1. The van der Waals surface area contributed by atoms with E-state index in [1.807, 2.05) is 0 Å². The molecule has 0 unspecified atom stereocenters. The molecule has 2 aliphatic rings. The van der Waals surface area contributed by atoms with Gasteiger partial charge in [0.2, 0.25) is 0 Å². The summed E-state index contributed by atoms with van der Waals surface area (Å²) in [6.45, 7) is 1.01. The van der Waals surface area contributed by atoms with Crippen molar-refractivity contribution < 1.29 is 4.74 Å². The molecular formula is C7H11IO. The molecule has 1 nitrogen and oxygen atoms in total. The molecule has 9 heavy (non-hydrogen) atoms. The summed E-state index contributed by atoms with van der Waals surface area (Å²) in [4.78, 5) is 0. The molecule has 2 atom stereocenters. The van der Waals surface area contributed by atoms with E-state index in [-0.39, 0.29) is 0 Å². The molecule has 1 saturated carbocycles. The van der Waals surface area contributed by atoms with Gasteiger partial charge < -0.3 is 4.74 Å². The van der Waals surface area contributed by atoms with E-state index in [1.54, 1.807) is 0 Å². The molecule has 0 aromatic heterocycles. The zero-order valence-corrected chi connectivity index (χ0v) is 7.56. The maximum Gasteiger partial charge on any atom is 0.0721 e. The topological polar surface area (TPSA) is 9.23 Å². The van der Waals surface area contributed by atoms with Crippen LogP contribution in [0.25, 0.3) is 0 Å². The number of ether oxygens (including phenoxy) is 1. The summed E-state index contributed by atoms with van der Waals surface area (Å²) in [5.41, 5.74) is 0. The highest BCUT2D eigenvalue weighted by molar-refractivity contribution is 14.1. The normalized spacial score (nSPS) is 49.7. The van der Waals surface area contributed by atoms with Crippen LogP contribution in [0.3, 0.4) is 0 Å². The Morgan fingerprint density at radius 1 is 1.44 bits per heavy atom. The fourth-order valence-electron chi connectivity index (χ4n) is 1.89. The van der Waals surface area contributed by atoms with Crippen molar-refractivity contribution >= 4 is 22.6 Å². The lowest BCUT2D eigenvalue weighted by Gasteiger charge is -2.18. The average Bonchev–Trinajstić information content (AvgIpc) is 2.22. The molecule has 2 fully saturated rings. The molecule has 1 aliphatic heterocycles. The lowest BCUT2D eigenvalue weighted by Crippen LogP contribution is -2.24. The van der Waals surface area contributed by atoms with Gasteiger partial charge >= 0.3 is 0 Å². The highest BCUT2D eigenvalue weighted by Gasteiger charge is 2.45. The number of hydrogen-bond donors (Lipinski definition) is 0. The first-order valence-electron chi connectivity index (χ1n) is 3.62. The van der Waals surface area contributed by atoms with E-state index in [0.29, 0.717) is 9.53 Å². The van der Waals surface area contributed by atoms with Gasteiger partial charge in [-0.15, -0.1) is 0 Å². The van der Waals surface area contributed by atoms with E-state index < -0.39 is 0 Å². The van der Waals surface area contributed by atoms with Crippen molar-refractivity contribution in [2.45, 2.75) is 35.2 Å². The van der Waals surface area contributed by atoms with E-state index >= 15 is 0 Å². The van der Waals surface area contributed by atoms with Gasteiger partial charge in [-0.05, 0) is 25.7 Å². The minimum Gasteiger partial charge on any atom is -0.377 e. The zero-order valence-electron chi connectivity index (χ0n) is 5.40. The van der Waals surface area contributed by atoms with E-state index in [9.17, 15) is 0 Å². The Morgan fingerprint density at radius 2 is 2.33 bits per heavy atom. The Hall–Kier alpha value is 0.690. The smallest absolute Gasteiger partial charge is 0.0721 e. The lowest BCUT2D eigenvalue weighted by atomic mass is 10.1. The van der Waals surface area contributed by atoms with Gasteiger partial charge in [0.05, 0.1) is 9.53 Å². The van der Waals surface area contributed by atoms with Gasteiger partial charge in [-0.2, -0.15) is 0 Å². The number of fused-ring (bicyclic) bond motifs is 1. The number of alkyl halides is 1. The Morgan fingerprint density at radius 3 is 3.11 bits per heavy atom. The maximum absolute atomic E-state index is 5.57. The molecule has 1 heterocycles. The lowest BCUT2D eigenvalue weighted by molar-refractivity contribution is 0.110. The van der Waals surface area contributed by atoms with Crippen molar-refractivity contribution in [1.29, 1.82) is 0 Å². The van der Waals surface area contributed by atoms with Crippen LogP contribution in [-0.2, 0) is 4.74 Å². The van der Waals surface area contributed by atoms with Crippen LogP contribution in [0.15, 0.2) is 0 Å². The second-order valence-electron chi connectivity index (χ2n) is 3.04. The van der Waals surface area contributed by atoms with Crippen molar-refractivity contribution in [3.8, 4) is 0 Å². The predicted molar refractivity (Wildman–Crippen MR) is 45.0 cm³/mol. The van der Waals surface area contributed by atoms with E-state index in [2.05, 4.69) is 22.6 Å². The molecule has 1 saturated heterocycles. The van der Waals surface area contributed by atoms with Crippen molar-refractivity contribution in [1.82, 2.24) is 0 Å². The molecule has 0 bridgehead atoms. The summed E-state index contributed by atoms with van der Waals surface area (Å²) in [6.07, 6.45) is 5.98. The zero-order chi connectivity index (χ0) is 6.32. The van der Waals surface area contributed by atoms with Crippen LogP contribution in [0.5, 0.6) is 0 Å². The largest absolute Gasteiger partial charge is 0.377 e. The third-order valence-electron chi connectivity index (χ3n) is 2.47. The summed E-state index contributed by atoms with van der Waals surface area (Å²) in [6, 6.07) is 0. The first kappa shape index (κ1) is 6.40. The standard InChI is InChI=1S/C7H11IO/c8-7-3-1-2-6(7)9-5-4-7/h6H,1-5H2/t6-,7-/m1/s1. The first-order chi connectivity index (χ1) is 4.31. The molecule has 0 N–H and O–H groups in total. The highest BCUT2D eigenvalue weighted by Crippen LogP contribution is 2.46. The minimum atomic E-state index is 0.553. The average molecular weight is 238 g/mol. The van der Waals surface area contributed by atoms with Gasteiger partial charge in [-0.3, -0.25) is 0 Å². The Kier molecular flexibility index (Phi) is 1.49.